The lowest BCUT2D eigenvalue weighted by Gasteiger charge is -2.18. The van der Waals surface area contributed by atoms with Crippen molar-refractivity contribution in [2.75, 3.05) is 40.4 Å². The van der Waals surface area contributed by atoms with Gasteiger partial charge in [-0.25, -0.2) is 0 Å². The highest BCUT2D eigenvalue weighted by Crippen LogP contribution is 2.34. The maximum Gasteiger partial charge on any atom is 0.266 e. The van der Waals surface area contributed by atoms with E-state index in [-0.39, 0.29) is 5.91 Å². The number of carbonyl (C=O) groups excluding carboxylic acids is 1. The summed E-state index contributed by atoms with van der Waals surface area (Å²) in [6.07, 6.45) is 2.81. The van der Waals surface area contributed by atoms with Gasteiger partial charge in [0.1, 0.15) is 4.32 Å². The van der Waals surface area contributed by atoms with Gasteiger partial charge in [0.05, 0.1) is 38.8 Å². The average molecular weight is 396 g/mol. The molecule has 26 heavy (non-hydrogen) atoms. The largest absolute Gasteiger partial charge is 0.493 e. The fourth-order valence-electron chi connectivity index (χ4n) is 2.88. The zero-order valence-electron chi connectivity index (χ0n) is 15.8. The predicted molar refractivity (Wildman–Crippen MR) is 111 cm³/mol. The van der Waals surface area contributed by atoms with Crippen LogP contribution in [0.3, 0.4) is 0 Å². The number of benzene rings is 1. The summed E-state index contributed by atoms with van der Waals surface area (Å²) in [7, 11) is 3.20. The van der Waals surface area contributed by atoms with Gasteiger partial charge < -0.3 is 14.4 Å². The number of ether oxygens (including phenoxy) is 2. The molecule has 0 bridgehead atoms. The third-order valence-corrected chi connectivity index (χ3v) is 5.87. The van der Waals surface area contributed by atoms with E-state index in [1.165, 1.54) is 16.7 Å². The summed E-state index contributed by atoms with van der Waals surface area (Å²) in [4.78, 5) is 16.6. The monoisotopic (exact) mass is 395 g/mol. The highest BCUT2D eigenvalue weighted by Gasteiger charge is 2.31. The molecule has 1 aromatic rings. The zero-order valence-corrected chi connectivity index (χ0v) is 17.5. The average Bonchev–Trinajstić information content (AvgIpc) is 2.92. The van der Waals surface area contributed by atoms with E-state index >= 15 is 0 Å². The Morgan fingerprint density at radius 3 is 2.50 bits per heavy atom. The number of hydrogen-bond acceptors (Lipinski definition) is 5. The Bertz CT molecular complexity index is 687. The molecule has 7 heteroatoms. The van der Waals surface area contributed by atoms with Crippen LogP contribution in [-0.2, 0) is 4.79 Å². The lowest BCUT2D eigenvalue weighted by molar-refractivity contribution is -0.896. The lowest BCUT2D eigenvalue weighted by atomic mass is 10.2. The molecule has 1 aromatic carbocycles. The van der Waals surface area contributed by atoms with Crippen molar-refractivity contribution < 1.29 is 19.2 Å². The maximum absolute atomic E-state index is 12.7. The molecule has 0 unspecified atom stereocenters. The van der Waals surface area contributed by atoms with Crippen LogP contribution in [0.1, 0.15) is 25.8 Å². The van der Waals surface area contributed by atoms with Gasteiger partial charge in [-0.05, 0) is 37.6 Å². The Balaban J connectivity index is 2.06. The Morgan fingerprint density at radius 2 is 1.88 bits per heavy atom. The number of rotatable bonds is 9. The predicted octanol–water partition coefficient (Wildman–Crippen LogP) is 2.22. The van der Waals surface area contributed by atoms with E-state index in [4.69, 9.17) is 21.7 Å². The van der Waals surface area contributed by atoms with Crippen LogP contribution in [0.4, 0.5) is 0 Å². The molecule has 1 aliphatic heterocycles. The summed E-state index contributed by atoms with van der Waals surface area (Å²) in [5.74, 6) is 1.29. The Kier molecular flexibility index (Phi) is 7.93. The molecule has 1 fully saturated rings. The molecule has 0 atom stereocenters. The summed E-state index contributed by atoms with van der Waals surface area (Å²) < 4.78 is 11.2. The van der Waals surface area contributed by atoms with Crippen LogP contribution in [0.5, 0.6) is 11.5 Å². The Hall–Kier alpha value is -1.57. The second-order valence-electron chi connectivity index (χ2n) is 6.01. The highest BCUT2D eigenvalue weighted by atomic mass is 32.2. The lowest BCUT2D eigenvalue weighted by Crippen LogP contribution is -3.11. The van der Waals surface area contributed by atoms with E-state index in [1.807, 2.05) is 24.3 Å². The van der Waals surface area contributed by atoms with Crippen molar-refractivity contribution in [3.8, 4) is 11.5 Å². The van der Waals surface area contributed by atoms with Crippen LogP contribution in [0, 0.1) is 0 Å². The van der Waals surface area contributed by atoms with Crippen LogP contribution in [0.2, 0.25) is 0 Å². The number of thioether (sulfide) groups is 1. The molecule has 0 aromatic heterocycles. The first-order valence-electron chi connectivity index (χ1n) is 8.84. The van der Waals surface area contributed by atoms with Crippen molar-refractivity contribution in [3.05, 3.63) is 28.7 Å². The molecule has 0 radical (unpaired) electrons. The van der Waals surface area contributed by atoms with E-state index in [1.54, 1.807) is 19.1 Å². The molecule has 1 amide bonds. The summed E-state index contributed by atoms with van der Waals surface area (Å²) in [5.41, 5.74) is 0.885. The van der Waals surface area contributed by atoms with Gasteiger partial charge in [0, 0.05) is 13.0 Å². The molecule has 1 aliphatic rings. The van der Waals surface area contributed by atoms with Crippen LogP contribution < -0.4 is 14.4 Å². The first-order chi connectivity index (χ1) is 12.5. The van der Waals surface area contributed by atoms with Crippen molar-refractivity contribution in [1.82, 2.24) is 4.90 Å². The molecule has 1 saturated heterocycles. The third kappa shape index (κ3) is 4.99. The summed E-state index contributed by atoms with van der Waals surface area (Å²) in [6, 6.07) is 5.59. The van der Waals surface area contributed by atoms with Crippen molar-refractivity contribution >= 4 is 40.3 Å². The van der Waals surface area contributed by atoms with Crippen molar-refractivity contribution in [2.45, 2.75) is 20.3 Å². The highest BCUT2D eigenvalue weighted by molar-refractivity contribution is 8.26. The fraction of sp³-hybridized carbons (Fsp3) is 0.474. The molecule has 1 N–H and O–H groups in total. The minimum Gasteiger partial charge on any atom is -0.493 e. The minimum absolute atomic E-state index is 0.00988. The molecule has 0 saturated carbocycles. The quantitative estimate of drug-likeness (QED) is 0.513. The van der Waals surface area contributed by atoms with Gasteiger partial charge in [0.15, 0.2) is 11.5 Å². The van der Waals surface area contributed by atoms with Crippen LogP contribution >= 0.6 is 24.0 Å². The van der Waals surface area contributed by atoms with Gasteiger partial charge in [0.2, 0.25) is 0 Å². The minimum atomic E-state index is -0.00988. The van der Waals surface area contributed by atoms with Gasteiger partial charge >= 0.3 is 0 Å². The number of nitrogens with zero attached hydrogens (tertiary/aromatic N) is 1. The Morgan fingerprint density at radius 1 is 1.19 bits per heavy atom. The molecule has 0 aliphatic carbocycles. The van der Waals surface area contributed by atoms with Crippen molar-refractivity contribution in [2.24, 2.45) is 0 Å². The van der Waals surface area contributed by atoms with E-state index in [9.17, 15) is 4.79 Å². The van der Waals surface area contributed by atoms with E-state index in [0.29, 0.717) is 27.3 Å². The van der Waals surface area contributed by atoms with Gasteiger partial charge in [-0.3, -0.25) is 9.69 Å². The first-order valence-corrected chi connectivity index (χ1v) is 10.1. The fourth-order valence-corrected chi connectivity index (χ4v) is 4.19. The smallest absolute Gasteiger partial charge is 0.266 e. The number of amides is 1. The van der Waals surface area contributed by atoms with Crippen LogP contribution in [0.25, 0.3) is 6.08 Å². The van der Waals surface area contributed by atoms with E-state index in [2.05, 4.69) is 13.8 Å². The van der Waals surface area contributed by atoms with Gasteiger partial charge in [-0.15, -0.1) is 0 Å². The van der Waals surface area contributed by atoms with E-state index < -0.39 is 0 Å². The molecular weight excluding hydrogens is 368 g/mol. The summed E-state index contributed by atoms with van der Waals surface area (Å²) in [5, 5.41) is 0. The van der Waals surface area contributed by atoms with Crippen LogP contribution in [-0.4, -0.2) is 55.5 Å². The topological polar surface area (TPSA) is 43.2 Å². The normalized spacial score (nSPS) is 16.0. The third-order valence-electron chi connectivity index (χ3n) is 4.49. The molecule has 0 spiro atoms. The molecule has 142 valence electrons. The standard InChI is InChI=1S/C19H26N2O3S2/c1-5-20(6-2)10-7-11-21-18(22)17(26-19(21)25)13-14-8-9-15(23-3)16(12-14)24-4/h8-9,12-13H,5-7,10-11H2,1-4H3/p+1/b17-13-. The van der Waals surface area contributed by atoms with Gasteiger partial charge in [-0.1, -0.05) is 30.0 Å². The number of nitrogens with one attached hydrogen (secondary N) is 1. The van der Waals surface area contributed by atoms with E-state index in [0.717, 1.165) is 31.6 Å². The Labute approximate surface area is 165 Å². The number of hydrogen-bond donors (Lipinski definition) is 1. The zero-order chi connectivity index (χ0) is 19.1. The summed E-state index contributed by atoms with van der Waals surface area (Å²) in [6.45, 7) is 8.31. The second-order valence-corrected chi connectivity index (χ2v) is 7.68. The second kappa shape index (κ2) is 9.94. The SMILES string of the molecule is CC[NH+](CC)CCCN1C(=O)/C(=C/c2ccc(OC)c(OC)c2)SC1=S. The summed E-state index contributed by atoms with van der Waals surface area (Å²) >= 11 is 6.77. The molecule has 5 nitrogen and oxygen atoms in total. The molecular formula is C19H27N2O3S2+. The molecule has 1 heterocycles. The molecule has 2 rings (SSSR count). The number of quaternary nitrogens is 1. The van der Waals surface area contributed by atoms with Crippen molar-refractivity contribution in [3.63, 3.8) is 0 Å². The first kappa shape index (κ1) is 20.7. The number of carbonyl (C=O) groups is 1. The van der Waals surface area contributed by atoms with Crippen molar-refractivity contribution in [1.29, 1.82) is 0 Å². The van der Waals surface area contributed by atoms with Gasteiger partial charge in [0.25, 0.3) is 5.91 Å². The maximum atomic E-state index is 12.7. The van der Waals surface area contributed by atoms with Gasteiger partial charge in [-0.2, -0.15) is 0 Å². The van der Waals surface area contributed by atoms with Crippen LogP contribution in [0.15, 0.2) is 23.1 Å². The number of thiocarbonyl (C=S) groups is 1. The number of methoxy groups -OCH3 is 2.